The number of ketones is 1. The Morgan fingerprint density at radius 3 is 2.52 bits per heavy atom. The van der Waals surface area contributed by atoms with Gasteiger partial charge in [-0.3, -0.25) is 14.4 Å². The Morgan fingerprint density at radius 1 is 1.22 bits per heavy atom. The number of hydrogen-bond acceptors (Lipinski definition) is 6. The second-order valence-corrected chi connectivity index (χ2v) is 7.83. The van der Waals surface area contributed by atoms with Crippen molar-refractivity contribution in [1.82, 2.24) is 0 Å². The van der Waals surface area contributed by atoms with E-state index in [2.05, 4.69) is 19.9 Å². The lowest BCUT2D eigenvalue weighted by molar-refractivity contribution is -0.169. The predicted octanol–water partition coefficient (Wildman–Crippen LogP) is 3.29. The Hall–Kier alpha value is -1.95. The fourth-order valence-electron chi connectivity index (χ4n) is 3.91. The van der Waals surface area contributed by atoms with Crippen molar-refractivity contribution in [2.75, 3.05) is 7.11 Å². The molecule has 1 heterocycles. The van der Waals surface area contributed by atoms with Crippen LogP contribution in [0.5, 0.6) is 0 Å². The highest BCUT2D eigenvalue weighted by molar-refractivity contribution is 5.93. The van der Waals surface area contributed by atoms with E-state index >= 15 is 0 Å². The molecule has 0 N–H and O–H groups in total. The van der Waals surface area contributed by atoms with Crippen LogP contribution in [0.15, 0.2) is 23.3 Å². The first-order valence-electron chi connectivity index (χ1n) is 9.41. The third kappa shape index (κ3) is 5.06. The minimum atomic E-state index is -0.982. The number of carbonyl (C=O) groups is 3. The van der Waals surface area contributed by atoms with Crippen molar-refractivity contribution in [2.24, 2.45) is 5.41 Å². The molecule has 1 saturated heterocycles. The average molecular weight is 378 g/mol. The van der Waals surface area contributed by atoms with Crippen LogP contribution in [0, 0.1) is 5.41 Å². The number of methoxy groups -OCH3 is 1. The standard InChI is InChI=1S/C21H30O6/c1-13(2)7-6-8-14(3)9-19-21(12-20(24)27-19)11-17(26-15(4)22)16(25-5)10-18(21)23/h7,9,16-17,19H,6,8,10-12H2,1-5H3/b14-9+/t16-,17-,19+,21-/m0/s1. The molecule has 2 aliphatic rings. The summed E-state index contributed by atoms with van der Waals surface area (Å²) in [4.78, 5) is 36.5. The minimum Gasteiger partial charge on any atom is -0.460 e. The summed E-state index contributed by atoms with van der Waals surface area (Å²) in [5.74, 6) is -0.886. The van der Waals surface area contributed by atoms with Crippen LogP contribution < -0.4 is 0 Å². The summed E-state index contributed by atoms with van der Waals surface area (Å²) in [5.41, 5.74) is 1.34. The van der Waals surface area contributed by atoms with E-state index < -0.39 is 29.7 Å². The third-order valence-electron chi connectivity index (χ3n) is 5.33. The molecule has 1 aliphatic carbocycles. The molecule has 2 fully saturated rings. The van der Waals surface area contributed by atoms with Gasteiger partial charge in [0.25, 0.3) is 0 Å². The molecule has 0 unspecified atom stereocenters. The Balaban J connectivity index is 2.25. The van der Waals surface area contributed by atoms with Gasteiger partial charge in [-0.25, -0.2) is 0 Å². The lowest BCUT2D eigenvalue weighted by Crippen LogP contribution is -2.52. The molecular formula is C21H30O6. The average Bonchev–Trinajstić information content (AvgIpc) is 2.85. The van der Waals surface area contributed by atoms with Gasteiger partial charge in [0.1, 0.15) is 24.1 Å². The summed E-state index contributed by atoms with van der Waals surface area (Å²) in [5, 5.41) is 0. The van der Waals surface area contributed by atoms with Crippen molar-refractivity contribution in [3.63, 3.8) is 0 Å². The van der Waals surface area contributed by atoms with Crippen molar-refractivity contribution in [1.29, 1.82) is 0 Å². The molecule has 0 radical (unpaired) electrons. The van der Waals surface area contributed by atoms with Crippen LogP contribution in [0.25, 0.3) is 0 Å². The maximum Gasteiger partial charge on any atom is 0.307 e. The van der Waals surface area contributed by atoms with Crippen molar-refractivity contribution >= 4 is 17.7 Å². The predicted molar refractivity (Wildman–Crippen MR) is 99.9 cm³/mol. The highest BCUT2D eigenvalue weighted by Gasteiger charge is 2.58. The van der Waals surface area contributed by atoms with Crippen molar-refractivity contribution in [3.8, 4) is 0 Å². The Bertz CT molecular complexity index is 658. The quantitative estimate of drug-likeness (QED) is 0.521. The molecule has 0 amide bonds. The van der Waals surface area contributed by atoms with Crippen LogP contribution >= 0.6 is 0 Å². The van der Waals surface area contributed by atoms with E-state index in [1.165, 1.54) is 19.6 Å². The molecule has 1 saturated carbocycles. The van der Waals surface area contributed by atoms with Gasteiger partial charge in [0.2, 0.25) is 0 Å². The van der Waals surface area contributed by atoms with Gasteiger partial charge in [0, 0.05) is 26.9 Å². The fraction of sp³-hybridized carbons (Fsp3) is 0.667. The molecule has 6 nitrogen and oxygen atoms in total. The van der Waals surface area contributed by atoms with Gasteiger partial charge >= 0.3 is 11.9 Å². The minimum absolute atomic E-state index is 0.0163. The van der Waals surface area contributed by atoms with Crippen molar-refractivity contribution < 1.29 is 28.6 Å². The number of ether oxygens (including phenoxy) is 3. The van der Waals surface area contributed by atoms with Crippen LogP contribution in [-0.4, -0.2) is 43.1 Å². The van der Waals surface area contributed by atoms with Crippen LogP contribution in [-0.2, 0) is 28.6 Å². The van der Waals surface area contributed by atoms with Gasteiger partial charge < -0.3 is 14.2 Å². The summed E-state index contributed by atoms with van der Waals surface area (Å²) in [6.45, 7) is 7.41. The fourth-order valence-corrected chi connectivity index (χ4v) is 3.91. The van der Waals surface area contributed by atoms with E-state index in [9.17, 15) is 14.4 Å². The zero-order chi connectivity index (χ0) is 20.2. The summed E-state index contributed by atoms with van der Waals surface area (Å²) >= 11 is 0. The number of allylic oxidation sites excluding steroid dienone is 3. The maximum atomic E-state index is 13.0. The number of Topliss-reactive ketones (excluding diaryl/α,β-unsaturated/α-hetero) is 1. The smallest absolute Gasteiger partial charge is 0.307 e. The summed E-state index contributed by atoms with van der Waals surface area (Å²) in [6.07, 6.45) is 4.44. The largest absolute Gasteiger partial charge is 0.460 e. The molecular weight excluding hydrogens is 348 g/mol. The molecule has 0 aromatic rings. The van der Waals surface area contributed by atoms with Crippen LogP contribution in [0.4, 0.5) is 0 Å². The lowest BCUT2D eigenvalue weighted by Gasteiger charge is -2.40. The summed E-state index contributed by atoms with van der Waals surface area (Å²) in [7, 11) is 1.49. The maximum absolute atomic E-state index is 13.0. The van der Waals surface area contributed by atoms with E-state index in [1.807, 2.05) is 13.0 Å². The Labute approximate surface area is 160 Å². The zero-order valence-electron chi connectivity index (χ0n) is 16.9. The number of hydrogen-bond donors (Lipinski definition) is 0. The normalized spacial score (nSPS) is 31.0. The van der Waals surface area contributed by atoms with E-state index in [4.69, 9.17) is 14.2 Å². The van der Waals surface area contributed by atoms with Gasteiger partial charge in [-0.05, 0) is 39.7 Å². The SMILES string of the molecule is CO[C@H]1CC(=O)[C@@]2(CC(=O)O[C@@H]2/C=C(\C)CCC=C(C)C)C[C@@H]1OC(C)=O. The lowest BCUT2D eigenvalue weighted by atomic mass is 9.66. The molecule has 150 valence electrons. The Kier molecular flexibility index (Phi) is 6.98. The highest BCUT2D eigenvalue weighted by Crippen LogP contribution is 2.47. The van der Waals surface area contributed by atoms with E-state index in [-0.39, 0.29) is 31.0 Å². The first-order valence-corrected chi connectivity index (χ1v) is 9.41. The van der Waals surface area contributed by atoms with E-state index in [1.54, 1.807) is 0 Å². The van der Waals surface area contributed by atoms with Gasteiger partial charge in [-0.15, -0.1) is 0 Å². The first-order chi connectivity index (χ1) is 12.7. The van der Waals surface area contributed by atoms with Crippen LogP contribution in [0.3, 0.4) is 0 Å². The highest BCUT2D eigenvalue weighted by atomic mass is 16.6. The summed E-state index contributed by atoms with van der Waals surface area (Å²) in [6, 6.07) is 0. The van der Waals surface area contributed by atoms with Crippen LogP contribution in [0.2, 0.25) is 0 Å². The van der Waals surface area contributed by atoms with E-state index in [0.29, 0.717) is 0 Å². The number of esters is 2. The molecule has 27 heavy (non-hydrogen) atoms. The summed E-state index contributed by atoms with van der Waals surface area (Å²) < 4.78 is 16.3. The van der Waals surface area contributed by atoms with Crippen molar-refractivity contribution in [3.05, 3.63) is 23.3 Å². The number of carbonyl (C=O) groups excluding carboxylic acids is 3. The topological polar surface area (TPSA) is 78.9 Å². The van der Waals surface area contributed by atoms with Crippen LogP contribution in [0.1, 0.15) is 59.8 Å². The number of cyclic esters (lactones) is 1. The van der Waals surface area contributed by atoms with Gasteiger partial charge in [0.05, 0.1) is 11.8 Å². The monoisotopic (exact) mass is 378 g/mol. The molecule has 2 rings (SSSR count). The molecule has 4 atom stereocenters. The second-order valence-electron chi connectivity index (χ2n) is 7.83. The molecule has 0 aromatic heterocycles. The Morgan fingerprint density at radius 2 is 1.93 bits per heavy atom. The van der Waals surface area contributed by atoms with E-state index in [0.717, 1.165) is 18.4 Å². The molecule has 6 heteroatoms. The van der Waals surface area contributed by atoms with Gasteiger partial charge in [0.15, 0.2) is 0 Å². The molecule has 0 bridgehead atoms. The third-order valence-corrected chi connectivity index (χ3v) is 5.33. The number of rotatable bonds is 6. The van der Waals surface area contributed by atoms with Gasteiger partial charge in [-0.1, -0.05) is 17.2 Å². The molecule has 1 aliphatic heterocycles. The second kappa shape index (κ2) is 8.83. The molecule has 0 aromatic carbocycles. The van der Waals surface area contributed by atoms with Crippen molar-refractivity contribution in [2.45, 2.75) is 78.1 Å². The van der Waals surface area contributed by atoms with Gasteiger partial charge in [-0.2, -0.15) is 0 Å². The first kappa shape index (κ1) is 21.4. The zero-order valence-corrected chi connectivity index (χ0v) is 16.9. The molecule has 1 spiro atoms.